The van der Waals surface area contributed by atoms with Crippen molar-refractivity contribution in [2.75, 3.05) is 47.2 Å². The lowest BCUT2D eigenvalue weighted by molar-refractivity contribution is -0.118. The molecule has 0 aromatic carbocycles. The maximum atomic E-state index is 12.4. The molecule has 0 radical (unpaired) electrons. The van der Waals surface area contributed by atoms with Gasteiger partial charge in [0.1, 0.15) is 10.1 Å². The number of carbonyl (C=O) groups excluding carboxylic acids is 4. The van der Waals surface area contributed by atoms with Crippen molar-refractivity contribution in [3.63, 3.8) is 0 Å². The predicted molar refractivity (Wildman–Crippen MR) is 228 cm³/mol. The van der Waals surface area contributed by atoms with Gasteiger partial charge < -0.3 is 15.5 Å². The van der Waals surface area contributed by atoms with Crippen molar-refractivity contribution >= 4 is 92.9 Å². The zero-order chi connectivity index (χ0) is 42.8. The Morgan fingerprint density at radius 2 is 1.17 bits per heavy atom. The number of carbonyl (C=O) groups is 4. The first-order valence-electron chi connectivity index (χ1n) is 20.2. The minimum atomic E-state index is -0.0246. The van der Waals surface area contributed by atoms with E-state index in [1.807, 2.05) is 69.7 Å². The Hall–Kier alpha value is -7.18. The number of anilines is 4. The first-order chi connectivity index (χ1) is 30.7. The molecule has 63 heavy (non-hydrogen) atoms. The number of aromatic nitrogens is 12. The Balaban J connectivity index is 0.000000141. The number of hydrazine groups is 1. The number of pyridine rings is 2. The van der Waals surface area contributed by atoms with Crippen molar-refractivity contribution in [2.45, 2.75) is 52.5 Å². The van der Waals surface area contributed by atoms with E-state index in [9.17, 15) is 19.2 Å². The Kier molecular flexibility index (Phi) is 9.60. The lowest BCUT2D eigenvalue weighted by Crippen LogP contribution is -2.34. The van der Waals surface area contributed by atoms with E-state index in [0.717, 1.165) is 37.1 Å². The monoisotopic (exact) mass is 884 g/mol. The standard InChI is InChI=1S/C20H19N9O2S.C19H17N9O2S/c1-26-8-9-27(20(26)31)13-4-5-16-23-24-19(28(16)10-13)32-17-7-6-15-21-14(11-29(15)25-17)22-18(30)12-2-3-12;29-17-7-8-20-28(17)12-3-4-15-23-24-19(26(15)9-12)31-16-6-5-14-21-13(10-27(14)25-16)22-18(30)11-1-2-11/h4-7,10-12H,2-3,8-9H2,1H3,(H,22,30);3-6,9-11,20H,1-2,7-8H2,(H,22,30). The average molecular weight is 885 g/mol. The van der Waals surface area contributed by atoms with E-state index in [1.165, 1.54) is 23.5 Å². The third kappa shape index (κ3) is 7.82. The number of likely N-dealkylation sites (N-methyl/N-ethyl adjacent to an activating group) is 1. The molecule has 2 saturated heterocycles. The van der Waals surface area contributed by atoms with Crippen LogP contribution in [0.25, 0.3) is 22.6 Å². The number of hydrogen-bond acceptors (Lipinski definition) is 15. The second-order valence-corrected chi connectivity index (χ2v) is 17.3. The summed E-state index contributed by atoms with van der Waals surface area (Å²) in [7, 11) is 1.79. The highest BCUT2D eigenvalue weighted by atomic mass is 32.2. The molecule has 8 aromatic heterocycles. The van der Waals surface area contributed by atoms with Gasteiger partial charge in [0.25, 0.3) is 0 Å². The summed E-state index contributed by atoms with van der Waals surface area (Å²) in [5.41, 5.74) is 7.23. The van der Waals surface area contributed by atoms with E-state index in [-0.39, 0.29) is 35.6 Å². The Morgan fingerprint density at radius 1 is 0.651 bits per heavy atom. The minimum Gasteiger partial charge on any atom is -0.326 e. The average Bonchev–Trinajstić information content (AvgIpc) is 4.03. The number of imidazole rings is 2. The molecular formula is C39H36N18O4S2. The van der Waals surface area contributed by atoms with Gasteiger partial charge in [0.2, 0.25) is 28.0 Å². The fraction of sp³-hybridized carbons (Fsp3) is 0.282. The maximum Gasteiger partial charge on any atom is 0.324 e. The number of urea groups is 1. The first-order valence-corrected chi connectivity index (χ1v) is 21.8. The summed E-state index contributed by atoms with van der Waals surface area (Å²) in [5, 5.41) is 36.0. The topological polar surface area (TPSA) is 235 Å². The first kappa shape index (κ1) is 38.7. The summed E-state index contributed by atoms with van der Waals surface area (Å²) in [4.78, 5) is 60.6. The molecule has 4 fully saturated rings. The van der Waals surface area contributed by atoms with Crippen LogP contribution in [0.15, 0.2) is 93.7 Å². The van der Waals surface area contributed by atoms with E-state index in [4.69, 9.17) is 0 Å². The van der Waals surface area contributed by atoms with Crippen LogP contribution in [0.2, 0.25) is 0 Å². The highest BCUT2D eigenvalue weighted by Gasteiger charge is 2.31. The summed E-state index contributed by atoms with van der Waals surface area (Å²) in [6, 6.07) is 14.7. The molecule has 4 aliphatic rings. The van der Waals surface area contributed by atoms with Gasteiger partial charge in [-0.25, -0.2) is 34.2 Å². The normalized spacial score (nSPS) is 16.5. The molecule has 5 amide bonds. The molecule has 2 aliphatic carbocycles. The third-order valence-corrected chi connectivity index (χ3v) is 12.5. The largest absolute Gasteiger partial charge is 0.326 e. The quantitative estimate of drug-likeness (QED) is 0.178. The van der Waals surface area contributed by atoms with Gasteiger partial charge in [-0.1, -0.05) is 0 Å². The van der Waals surface area contributed by atoms with E-state index < -0.39 is 0 Å². The Bertz CT molecular complexity index is 3140. The van der Waals surface area contributed by atoms with Crippen molar-refractivity contribution in [3.05, 3.63) is 73.3 Å². The smallest absolute Gasteiger partial charge is 0.324 e. The molecule has 24 heteroatoms. The highest BCUT2D eigenvalue weighted by Crippen LogP contribution is 2.32. The summed E-state index contributed by atoms with van der Waals surface area (Å²) < 4.78 is 6.95. The van der Waals surface area contributed by atoms with E-state index in [0.29, 0.717) is 80.6 Å². The Labute approximate surface area is 364 Å². The van der Waals surface area contributed by atoms with Gasteiger partial charge in [0.15, 0.2) is 34.2 Å². The van der Waals surface area contributed by atoms with Crippen LogP contribution in [0.1, 0.15) is 32.1 Å². The summed E-state index contributed by atoms with van der Waals surface area (Å²) >= 11 is 2.70. The van der Waals surface area contributed by atoms with Crippen LogP contribution < -0.4 is 26.0 Å². The molecule has 2 aliphatic heterocycles. The number of nitrogens with zero attached hydrogens (tertiary/aromatic N) is 15. The lowest BCUT2D eigenvalue weighted by atomic mass is 10.3. The predicted octanol–water partition coefficient (Wildman–Crippen LogP) is 3.66. The highest BCUT2D eigenvalue weighted by molar-refractivity contribution is 7.99. The Morgan fingerprint density at radius 3 is 1.67 bits per heavy atom. The molecule has 0 unspecified atom stereocenters. The molecule has 0 atom stereocenters. The fourth-order valence-electron chi connectivity index (χ4n) is 7.04. The fourth-order valence-corrected chi connectivity index (χ4v) is 8.59. The molecule has 22 nitrogen and oxygen atoms in total. The zero-order valence-corrected chi connectivity index (χ0v) is 35.0. The number of amides is 5. The molecule has 2 saturated carbocycles. The SMILES string of the molecule is CN1CCN(c2ccc3nnc(Sc4ccc5nc(NC(=O)C6CC6)cn5n4)n3c2)C1=O.O=C(Nc1cn2nc(Sc3nnc4ccc(N5NCCC5=O)cn34)ccc2n1)C1CC1. The van der Waals surface area contributed by atoms with Crippen LogP contribution in [-0.2, 0) is 14.4 Å². The summed E-state index contributed by atoms with van der Waals surface area (Å²) in [6.45, 7) is 1.96. The van der Waals surface area contributed by atoms with Gasteiger partial charge in [-0.15, -0.1) is 20.4 Å². The number of hydrogen-bond donors (Lipinski definition) is 3. The summed E-state index contributed by atoms with van der Waals surface area (Å²) in [6.07, 6.45) is 11.3. The van der Waals surface area contributed by atoms with E-state index in [1.54, 1.807) is 43.3 Å². The van der Waals surface area contributed by atoms with Gasteiger partial charge in [0.05, 0.1) is 23.8 Å². The molecule has 0 spiro atoms. The van der Waals surface area contributed by atoms with E-state index >= 15 is 0 Å². The molecule has 0 bridgehead atoms. The van der Waals surface area contributed by atoms with Gasteiger partial charge >= 0.3 is 6.03 Å². The second-order valence-electron chi connectivity index (χ2n) is 15.4. The van der Waals surface area contributed by atoms with Crippen molar-refractivity contribution in [1.82, 2.24) is 68.7 Å². The van der Waals surface area contributed by atoms with Crippen molar-refractivity contribution in [1.29, 1.82) is 0 Å². The third-order valence-electron chi connectivity index (χ3n) is 10.7. The van der Waals surface area contributed by atoms with Gasteiger partial charge in [0, 0.05) is 57.3 Å². The van der Waals surface area contributed by atoms with Crippen molar-refractivity contribution < 1.29 is 19.2 Å². The maximum absolute atomic E-state index is 12.4. The number of rotatable bonds is 10. The number of nitrogens with one attached hydrogen (secondary N) is 3. The molecule has 12 rings (SSSR count). The van der Waals surface area contributed by atoms with Crippen LogP contribution in [0.3, 0.4) is 0 Å². The molecule has 318 valence electrons. The second kappa shape index (κ2) is 15.6. The van der Waals surface area contributed by atoms with E-state index in [2.05, 4.69) is 56.6 Å². The molecule has 8 aromatic rings. The minimum absolute atomic E-state index is 0.00899. The van der Waals surface area contributed by atoms with Gasteiger partial charge in [-0.2, -0.15) is 10.2 Å². The van der Waals surface area contributed by atoms with Crippen LogP contribution >= 0.6 is 23.5 Å². The van der Waals surface area contributed by atoms with Crippen LogP contribution in [0.4, 0.5) is 27.8 Å². The molecule has 10 heterocycles. The van der Waals surface area contributed by atoms with Crippen LogP contribution in [0, 0.1) is 11.8 Å². The van der Waals surface area contributed by atoms with Crippen LogP contribution in [-0.4, -0.2) is 114 Å². The lowest BCUT2D eigenvalue weighted by Gasteiger charge is -2.16. The molecular weight excluding hydrogens is 849 g/mol. The van der Waals surface area contributed by atoms with Crippen LogP contribution in [0.5, 0.6) is 0 Å². The van der Waals surface area contributed by atoms with Gasteiger partial charge in [-0.3, -0.25) is 28.1 Å². The zero-order valence-electron chi connectivity index (χ0n) is 33.4. The molecule has 3 N–H and O–H groups in total. The number of fused-ring (bicyclic) bond motifs is 4. The van der Waals surface area contributed by atoms with Crippen molar-refractivity contribution in [2.24, 2.45) is 11.8 Å². The van der Waals surface area contributed by atoms with Crippen molar-refractivity contribution in [3.8, 4) is 0 Å². The summed E-state index contributed by atoms with van der Waals surface area (Å²) in [5.74, 6) is 1.26. The van der Waals surface area contributed by atoms with Gasteiger partial charge in [-0.05, 0) is 97.7 Å².